The van der Waals surface area contributed by atoms with Gasteiger partial charge in [-0.2, -0.15) is 0 Å². The lowest BCUT2D eigenvalue weighted by molar-refractivity contribution is 0.380. The maximum absolute atomic E-state index is 2.35. The van der Waals surface area contributed by atoms with E-state index < -0.39 is 0 Å². The molecule has 72 valence electrons. The van der Waals surface area contributed by atoms with Gasteiger partial charge in [0.25, 0.3) is 0 Å². The van der Waals surface area contributed by atoms with Crippen LogP contribution in [0.25, 0.3) is 0 Å². The van der Waals surface area contributed by atoms with E-state index in [4.69, 9.17) is 0 Å². The third-order valence-corrected chi connectivity index (χ3v) is 2.75. The molecule has 0 heteroatoms. The molecule has 0 aromatic rings. The van der Waals surface area contributed by atoms with Gasteiger partial charge in [-0.1, -0.05) is 52.7 Å². The fourth-order valence-corrected chi connectivity index (χ4v) is 1.23. The average molecular weight is 168 g/mol. The molecule has 0 rings (SSSR count). The summed E-state index contributed by atoms with van der Waals surface area (Å²) in [5, 5.41) is 0. The summed E-state index contributed by atoms with van der Waals surface area (Å²) in [4.78, 5) is 0. The minimum absolute atomic E-state index is 0.850. The first kappa shape index (κ1) is 11.7. The van der Waals surface area contributed by atoms with Crippen molar-refractivity contribution in [3.8, 4) is 0 Å². The first-order chi connectivity index (χ1) is 5.72. The highest BCUT2D eigenvalue weighted by Gasteiger charge is 2.07. The monoisotopic (exact) mass is 168 g/mol. The van der Waals surface area contributed by atoms with Gasteiger partial charge in [-0.15, -0.1) is 0 Å². The minimum Gasteiger partial charge on any atom is -0.0885 e. The highest BCUT2D eigenvalue weighted by Crippen LogP contribution is 2.18. The normalized spacial score (nSPS) is 16.7. The molecular weight excluding hydrogens is 144 g/mol. The fourth-order valence-electron chi connectivity index (χ4n) is 1.23. The van der Waals surface area contributed by atoms with Crippen LogP contribution in [0.5, 0.6) is 0 Å². The second-order valence-electron chi connectivity index (χ2n) is 3.86. The minimum atomic E-state index is 0.850. The van der Waals surface area contributed by atoms with Crippen LogP contribution < -0.4 is 0 Å². The van der Waals surface area contributed by atoms with E-state index in [1.165, 1.54) is 25.7 Å². The number of rotatable bonds is 6. The molecule has 0 N–H and O–H groups in total. The van der Waals surface area contributed by atoms with Crippen LogP contribution in [0.15, 0.2) is 12.2 Å². The molecule has 12 heavy (non-hydrogen) atoms. The quantitative estimate of drug-likeness (QED) is 0.515. The molecule has 2 atom stereocenters. The van der Waals surface area contributed by atoms with Crippen molar-refractivity contribution >= 4 is 0 Å². The molecular formula is C12H24. The van der Waals surface area contributed by atoms with Crippen LogP contribution in [-0.4, -0.2) is 0 Å². The summed E-state index contributed by atoms with van der Waals surface area (Å²) in [5.74, 6) is 1.72. The molecule has 0 saturated carbocycles. The summed E-state index contributed by atoms with van der Waals surface area (Å²) in [7, 11) is 0. The zero-order valence-electron chi connectivity index (χ0n) is 9.14. The summed E-state index contributed by atoms with van der Waals surface area (Å²) >= 11 is 0. The van der Waals surface area contributed by atoms with Crippen molar-refractivity contribution < 1.29 is 0 Å². The van der Waals surface area contributed by atoms with Crippen molar-refractivity contribution in [2.75, 3.05) is 0 Å². The maximum Gasteiger partial charge on any atom is -0.0322 e. The zero-order chi connectivity index (χ0) is 9.40. The van der Waals surface area contributed by atoms with Crippen molar-refractivity contribution in [3.05, 3.63) is 12.2 Å². The first-order valence-electron chi connectivity index (χ1n) is 5.37. The number of hydrogen-bond donors (Lipinski definition) is 0. The van der Waals surface area contributed by atoms with Gasteiger partial charge < -0.3 is 0 Å². The average Bonchev–Trinajstić information content (AvgIpc) is 2.10. The molecule has 0 bridgehead atoms. The Balaban J connectivity index is 3.48. The summed E-state index contributed by atoms with van der Waals surface area (Å²) in [6.45, 7) is 9.20. The molecule has 0 aromatic heterocycles. The molecule has 2 unspecified atom stereocenters. The second-order valence-corrected chi connectivity index (χ2v) is 3.86. The van der Waals surface area contributed by atoms with Gasteiger partial charge in [0, 0.05) is 0 Å². The van der Waals surface area contributed by atoms with Crippen molar-refractivity contribution in [2.45, 2.75) is 53.4 Å². The molecule has 0 heterocycles. The molecule has 0 nitrogen and oxygen atoms in total. The topological polar surface area (TPSA) is 0 Å². The largest absolute Gasteiger partial charge is 0.0885 e. The zero-order valence-corrected chi connectivity index (χ0v) is 9.14. The van der Waals surface area contributed by atoms with Crippen LogP contribution in [0, 0.1) is 11.8 Å². The van der Waals surface area contributed by atoms with E-state index in [0.29, 0.717) is 0 Å². The van der Waals surface area contributed by atoms with Crippen LogP contribution >= 0.6 is 0 Å². The van der Waals surface area contributed by atoms with Crippen molar-refractivity contribution in [3.63, 3.8) is 0 Å². The molecule has 0 aliphatic carbocycles. The lowest BCUT2D eigenvalue weighted by atomic mass is 9.91. The lowest BCUT2D eigenvalue weighted by Crippen LogP contribution is -2.05. The molecule has 0 amide bonds. The molecule has 0 aromatic carbocycles. The van der Waals surface area contributed by atoms with Crippen LogP contribution in [0.3, 0.4) is 0 Å². The van der Waals surface area contributed by atoms with E-state index in [9.17, 15) is 0 Å². The van der Waals surface area contributed by atoms with E-state index >= 15 is 0 Å². The van der Waals surface area contributed by atoms with E-state index in [-0.39, 0.29) is 0 Å². The van der Waals surface area contributed by atoms with Gasteiger partial charge in [-0.05, 0) is 24.7 Å². The lowest BCUT2D eigenvalue weighted by Gasteiger charge is -2.15. The van der Waals surface area contributed by atoms with E-state index in [0.717, 1.165) is 11.8 Å². The van der Waals surface area contributed by atoms with Gasteiger partial charge in [0.1, 0.15) is 0 Å². The summed E-state index contributed by atoms with van der Waals surface area (Å²) in [5.41, 5.74) is 0. The number of unbranched alkanes of at least 4 members (excludes halogenated alkanes) is 1. The molecule has 0 aliphatic heterocycles. The Bertz CT molecular complexity index is 113. The van der Waals surface area contributed by atoms with Crippen LogP contribution in [0.4, 0.5) is 0 Å². The van der Waals surface area contributed by atoms with Crippen molar-refractivity contribution in [1.82, 2.24) is 0 Å². The fraction of sp³-hybridized carbons (Fsp3) is 0.833. The van der Waals surface area contributed by atoms with Crippen LogP contribution in [-0.2, 0) is 0 Å². The third-order valence-electron chi connectivity index (χ3n) is 2.75. The SMILES string of the molecule is CCCC=CCC(C)C(C)CC. The summed E-state index contributed by atoms with van der Waals surface area (Å²) < 4.78 is 0. The first-order valence-corrected chi connectivity index (χ1v) is 5.37. The Kier molecular flexibility index (Phi) is 7.23. The van der Waals surface area contributed by atoms with E-state index in [1.807, 2.05) is 0 Å². The molecule has 0 spiro atoms. The van der Waals surface area contributed by atoms with E-state index in [2.05, 4.69) is 39.8 Å². The van der Waals surface area contributed by atoms with Crippen molar-refractivity contribution in [2.24, 2.45) is 11.8 Å². The molecule has 0 aliphatic rings. The Morgan fingerprint density at radius 1 is 1.00 bits per heavy atom. The van der Waals surface area contributed by atoms with Gasteiger partial charge in [0.15, 0.2) is 0 Å². The Morgan fingerprint density at radius 2 is 1.67 bits per heavy atom. The Labute approximate surface area is 78.1 Å². The standard InChI is InChI=1S/C12H24/c1-5-7-8-9-10-12(4)11(3)6-2/h8-9,11-12H,5-7,10H2,1-4H3. The van der Waals surface area contributed by atoms with Gasteiger partial charge in [0.2, 0.25) is 0 Å². The number of hydrogen-bond acceptors (Lipinski definition) is 0. The highest BCUT2D eigenvalue weighted by molar-refractivity contribution is 4.83. The second kappa shape index (κ2) is 7.39. The van der Waals surface area contributed by atoms with Gasteiger partial charge >= 0.3 is 0 Å². The van der Waals surface area contributed by atoms with Gasteiger partial charge in [-0.3, -0.25) is 0 Å². The smallest absolute Gasteiger partial charge is 0.0322 e. The predicted octanol–water partition coefficient (Wildman–Crippen LogP) is 4.42. The molecule has 0 fully saturated rings. The predicted molar refractivity (Wildman–Crippen MR) is 57.3 cm³/mol. The van der Waals surface area contributed by atoms with Crippen LogP contribution in [0.2, 0.25) is 0 Å². The third kappa shape index (κ3) is 5.40. The maximum atomic E-state index is 2.35. The molecule has 0 saturated heterocycles. The highest BCUT2D eigenvalue weighted by atomic mass is 14.1. The molecule has 0 radical (unpaired) electrons. The van der Waals surface area contributed by atoms with Crippen LogP contribution in [0.1, 0.15) is 53.4 Å². The number of allylic oxidation sites excluding steroid dienone is 2. The van der Waals surface area contributed by atoms with Gasteiger partial charge in [0.05, 0.1) is 0 Å². The van der Waals surface area contributed by atoms with Crippen molar-refractivity contribution in [1.29, 1.82) is 0 Å². The van der Waals surface area contributed by atoms with Gasteiger partial charge in [-0.25, -0.2) is 0 Å². The summed E-state index contributed by atoms with van der Waals surface area (Å²) in [6, 6.07) is 0. The Hall–Kier alpha value is -0.260. The van der Waals surface area contributed by atoms with E-state index in [1.54, 1.807) is 0 Å². The Morgan fingerprint density at radius 3 is 2.17 bits per heavy atom. The summed E-state index contributed by atoms with van der Waals surface area (Å²) in [6.07, 6.45) is 9.75.